The molecule has 5 heteroatoms. The summed E-state index contributed by atoms with van der Waals surface area (Å²) in [5.41, 5.74) is 4.12. The number of aryl methyl sites for hydroxylation is 2. The molecular formula is C17H21NO3S. The molecule has 118 valence electrons. The van der Waals surface area contributed by atoms with E-state index in [1.165, 1.54) is 0 Å². The lowest BCUT2D eigenvalue weighted by atomic mass is 10.1. The molecule has 1 N–H and O–H groups in total. The van der Waals surface area contributed by atoms with Crippen LogP contribution in [-0.2, 0) is 10.0 Å². The van der Waals surface area contributed by atoms with Crippen LogP contribution in [0.4, 0.5) is 5.69 Å². The van der Waals surface area contributed by atoms with E-state index in [-0.39, 0.29) is 4.90 Å². The van der Waals surface area contributed by atoms with Crippen molar-refractivity contribution < 1.29 is 13.2 Å². The van der Waals surface area contributed by atoms with Gasteiger partial charge in [-0.1, -0.05) is 6.07 Å². The Balaban J connectivity index is 2.45. The van der Waals surface area contributed by atoms with Gasteiger partial charge in [0, 0.05) is 5.69 Å². The van der Waals surface area contributed by atoms with Crippen LogP contribution in [0.5, 0.6) is 5.75 Å². The predicted octanol–water partition coefficient (Wildman–Crippen LogP) is 3.73. The Morgan fingerprint density at radius 3 is 2.05 bits per heavy atom. The zero-order valence-electron chi connectivity index (χ0n) is 13.5. The fourth-order valence-electron chi connectivity index (χ4n) is 2.53. The molecule has 0 aliphatic carbocycles. The van der Waals surface area contributed by atoms with Gasteiger partial charge < -0.3 is 4.74 Å². The average molecular weight is 319 g/mol. The number of sulfonamides is 1. The van der Waals surface area contributed by atoms with Crippen LogP contribution < -0.4 is 9.46 Å². The zero-order valence-corrected chi connectivity index (χ0v) is 14.3. The summed E-state index contributed by atoms with van der Waals surface area (Å²) in [4.78, 5) is 0.268. The van der Waals surface area contributed by atoms with E-state index in [1.807, 2.05) is 39.0 Å². The first-order valence-electron chi connectivity index (χ1n) is 7.00. The third kappa shape index (κ3) is 3.25. The topological polar surface area (TPSA) is 55.4 Å². The van der Waals surface area contributed by atoms with E-state index in [4.69, 9.17) is 4.74 Å². The molecule has 4 nitrogen and oxygen atoms in total. The molecule has 2 rings (SSSR count). The van der Waals surface area contributed by atoms with Gasteiger partial charge in [0.25, 0.3) is 10.0 Å². The van der Waals surface area contributed by atoms with Crippen LogP contribution in [0, 0.1) is 27.7 Å². The lowest BCUT2D eigenvalue weighted by molar-refractivity contribution is 0.411. The monoisotopic (exact) mass is 319 g/mol. The molecule has 0 saturated carbocycles. The molecule has 0 saturated heterocycles. The minimum absolute atomic E-state index is 0.268. The van der Waals surface area contributed by atoms with Gasteiger partial charge in [-0.05, 0) is 74.2 Å². The van der Waals surface area contributed by atoms with Gasteiger partial charge in [-0.3, -0.25) is 4.72 Å². The molecule has 0 amide bonds. The van der Waals surface area contributed by atoms with Gasteiger partial charge in [-0.25, -0.2) is 8.42 Å². The van der Waals surface area contributed by atoms with Crippen molar-refractivity contribution >= 4 is 15.7 Å². The van der Waals surface area contributed by atoms with Crippen LogP contribution in [-0.4, -0.2) is 15.5 Å². The highest BCUT2D eigenvalue weighted by molar-refractivity contribution is 7.92. The molecule has 0 atom stereocenters. The Hall–Kier alpha value is -2.01. The van der Waals surface area contributed by atoms with E-state index in [1.54, 1.807) is 26.2 Å². The molecule has 0 bridgehead atoms. The number of hydrogen-bond acceptors (Lipinski definition) is 3. The Morgan fingerprint density at radius 2 is 1.50 bits per heavy atom. The van der Waals surface area contributed by atoms with Crippen LogP contribution >= 0.6 is 0 Å². The number of anilines is 1. The molecule has 2 aromatic carbocycles. The van der Waals surface area contributed by atoms with Crippen molar-refractivity contribution in [2.75, 3.05) is 11.8 Å². The molecule has 2 aromatic rings. The third-order valence-electron chi connectivity index (χ3n) is 3.67. The zero-order chi connectivity index (χ0) is 16.5. The maximum atomic E-state index is 12.6. The quantitative estimate of drug-likeness (QED) is 0.934. The van der Waals surface area contributed by atoms with Crippen LogP contribution in [0.3, 0.4) is 0 Å². The van der Waals surface area contributed by atoms with Crippen LogP contribution in [0.2, 0.25) is 0 Å². The molecular weight excluding hydrogens is 298 g/mol. The number of hydrogen-bond donors (Lipinski definition) is 1. The van der Waals surface area contributed by atoms with Crippen LogP contribution in [0.25, 0.3) is 0 Å². The summed E-state index contributed by atoms with van der Waals surface area (Å²) < 4.78 is 33.2. The number of rotatable bonds is 4. The highest BCUT2D eigenvalue weighted by Gasteiger charge is 2.19. The second-order valence-electron chi connectivity index (χ2n) is 5.50. The van der Waals surface area contributed by atoms with Gasteiger partial charge in [-0.15, -0.1) is 0 Å². The largest absolute Gasteiger partial charge is 0.496 e. The van der Waals surface area contributed by atoms with E-state index in [0.29, 0.717) is 17.0 Å². The van der Waals surface area contributed by atoms with Gasteiger partial charge in [-0.2, -0.15) is 0 Å². The first-order chi connectivity index (χ1) is 10.2. The van der Waals surface area contributed by atoms with E-state index >= 15 is 0 Å². The van der Waals surface area contributed by atoms with E-state index in [9.17, 15) is 8.42 Å². The van der Waals surface area contributed by atoms with Crippen molar-refractivity contribution in [3.8, 4) is 5.75 Å². The number of methoxy groups -OCH3 is 1. The standard InChI is InChI=1S/C17H21NO3S/c1-11-8-12(2)10-15(9-11)18-22(19,20)17-7-6-16(21-5)13(3)14(17)4/h6-10,18H,1-5H3. The van der Waals surface area contributed by atoms with Crippen molar-refractivity contribution in [2.24, 2.45) is 0 Å². The fraction of sp³-hybridized carbons (Fsp3) is 0.294. The molecule has 0 heterocycles. The Morgan fingerprint density at radius 1 is 0.909 bits per heavy atom. The van der Waals surface area contributed by atoms with E-state index in [2.05, 4.69) is 4.72 Å². The van der Waals surface area contributed by atoms with Gasteiger partial charge in [0.15, 0.2) is 0 Å². The summed E-state index contributed by atoms with van der Waals surface area (Å²) in [5, 5.41) is 0. The lowest BCUT2D eigenvalue weighted by Gasteiger charge is -2.15. The molecule has 22 heavy (non-hydrogen) atoms. The SMILES string of the molecule is COc1ccc(S(=O)(=O)Nc2cc(C)cc(C)c2)c(C)c1C. The molecule has 0 unspecified atom stereocenters. The van der Waals surface area contributed by atoms with Crippen molar-refractivity contribution in [2.45, 2.75) is 32.6 Å². The smallest absolute Gasteiger partial charge is 0.262 e. The van der Waals surface area contributed by atoms with Gasteiger partial charge in [0.05, 0.1) is 12.0 Å². The minimum Gasteiger partial charge on any atom is -0.496 e. The van der Waals surface area contributed by atoms with Gasteiger partial charge in [0.1, 0.15) is 5.75 Å². The third-order valence-corrected chi connectivity index (χ3v) is 5.20. The Bertz CT molecular complexity index is 791. The summed E-state index contributed by atoms with van der Waals surface area (Å²) in [5.74, 6) is 0.683. The summed E-state index contributed by atoms with van der Waals surface area (Å²) in [6.45, 7) is 7.51. The highest BCUT2D eigenvalue weighted by Crippen LogP contribution is 2.28. The molecule has 0 spiro atoms. The summed E-state index contributed by atoms with van der Waals surface area (Å²) in [7, 11) is -2.06. The summed E-state index contributed by atoms with van der Waals surface area (Å²) >= 11 is 0. The van der Waals surface area contributed by atoms with E-state index < -0.39 is 10.0 Å². The predicted molar refractivity (Wildman–Crippen MR) is 89.2 cm³/mol. The van der Waals surface area contributed by atoms with Crippen molar-refractivity contribution in [1.82, 2.24) is 0 Å². The summed E-state index contributed by atoms with van der Waals surface area (Å²) in [6.07, 6.45) is 0. The molecule has 0 aromatic heterocycles. The second-order valence-corrected chi connectivity index (χ2v) is 7.15. The maximum Gasteiger partial charge on any atom is 0.262 e. The lowest BCUT2D eigenvalue weighted by Crippen LogP contribution is -2.15. The average Bonchev–Trinajstić information content (AvgIpc) is 2.39. The van der Waals surface area contributed by atoms with Gasteiger partial charge >= 0.3 is 0 Å². The Labute approximate surface area is 132 Å². The minimum atomic E-state index is -3.63. The second kappa shape index (κ2) is 6.01. The van der Waals surface area contributed by atoms with Crippen molar-refractivity contribution in [3.05, 3.63) is 52.6 Å². The summed E-state index contributed by atoms with van der Waals surface area (Å²) in [6, 6.07) is 8.89. The molecule has 0 fully saturated rings. The van der Waals surface area contributed by atoms with Crippen LogP contribution in [0.15, 0.2) is 35.2 Å². The molecule has 0 aliphatic rings. The molecule has 0 aliphatic heterocycles. The van der Waals surface area contributed by atoms with Crippen LogP contribution in [0.1, 0.15) is 22.3 Å². The Kier molecular flexibility index (Phi) is 4.47. The first kappa shape index (κ1) is 16.4. The van der Waals surface area contributed by atoms with Crippen molar-refractivity contribution in [1.29, 1.82) is 0 Å². The fourth-order valence-corrected chi connectivity index (χ4v) is 3.87. The number of benzene rings is 2. The normalized spacial score (nSPS) is 11.3. The number of nitrogens with one attached hydrogen (secondary N) is 1. The van der Waals surface area contributed by atoms with Crippen molar-refractivity contribution in [3.63, 3.8) is 0 Å². The van der Waals surface area contributed by atoms with E-state index in [0.717, 1.165) is 16.7 Å². The number of ether oxygens (including phenoxy) is 1. The van der Waals surface area contributed by atoms with Gasteiger partial charge in [0.2, 0.25) is 0 Å². The molecule has 0 radical (unpaired) electrons. The maximum absolute atomic E-state index is 12.6. The first-order valence-corrected chi connectivity index (χ1v) is 8.48. The highest BCUT2D eigenvalue weighted by atomic mass is 32.2.